The lowest BCUT2D eigenvalue weighted by Crippen LogP contribution is -2.42. The van der Waals surface area contributed by atoms with Crippen molar-refractivity contribution in [1.29, 1.82) is 5.41 Å². The van der Waals surface area contributed by atoms with Crippen LogP contribution in [0.4, 0.5) is 0 Å². The lowest BCUT2D eigenvalue weighted by Gasteiger charge is -2.33. The van der Waals surface area contributed by atoms with Crippen LogP contribution in [-0.4, -0.2) is 30.4 Å². The number of hydrogen-bond acceptors (Lipinski definition) is 2. The van der Waals surface area contributed by atoms with E-state index in [9.17, 15) is 0 Å². The van der Waals surface area contributed by atoms with Gasteiger partial charge in [0.15, 0.2) is 0 Å². The molecular weight excluding hydrogens is 186 g/mol. The van der Waals surface area contributed by atoms with Crippen LogP contribution in [0.2, 0.25) is 0 Å². The molecule has 1 aliphatic heterocycles. The number of nitrogens with one attached hydrogen (secondary N) is 1. The summed E-state index contributed by atoms with van der Waals surface area (Å²) in [6, 6.07) is 0. The molecule has 1 unspecified atom stereocenters. The summed E-state index contributed by atoms with van der Waals surface area (Å²) >= 11 is 0. The van der Waals surface area contributed by atoms with Gasteiger partial charge in [0, 0.05) is 19.0 Å². The highest BCUT2D eigenvalue weighted by Crippen LogP contribution is 2.27. The molecule has 2 rings (SSSR count). The quantitative estimate of drug-likeness (QED) is 0.550. The van der Waals surface area contributed by atoms with Gasteiger partial charge < -0.3 is 10.6 Å². The van der Waals surface area contributed by atoms with Crippen molar-refractivity contribution in [3.8, 4) is 0 Å². The number of nitrogens with zero attached hydrogens (tertiary/aromatic N) is 1. The molecule has 3 N–H and O–H groups in total. The molecule has 1 saturated carbocycles. The van der Waals surface area contributed by atoms with Crippen LogP contribution in [0.15, 0.2) is 0 Å². The number of rotatable bonds is 3. The van der Waals surface area contributed by atoms with Crippen molar-refractivity contribution < 1.29 is 0 Å². The average molecular weight is 209 g/mol. The number of likely N-dealkylation sites (tertiary alicyclic amines) is 1. The molecule has 86 valence electrons. The largest absolute Gasteiger partial charge is 0.387 e. The first-order chi connectivity index (χ1) is 7.25. The first-order valence-corrected chi connectivity index (χ1v) is 6.32. The van der Waals surface area contributed by atoms with Crippen LogP contribution >= 0.6 is 0 Å². The molecule has 0 radical (unpaired) electrons. The van der Waals surface area contributed by atoms with E-state index in [0.29, 0.717) is 11.8 Å². The van der Waals surface area contributed by atoms with E-state index in [0.717, 1.165) is 18.9 Å². The van der Waals surface area contributed by atoms with E-state index in [1.165, 1.54) is 45.2 Å². The smallest absolute Gasteiger partial charge is 0.0949 e. The van der Waals surface area contributed by atoms with E-state index in [-0.39, 0.29) is 0 Å². The van der Waals surface area contributed by atoms with Crippen LogP contribution < -0.4 is 5.73 Å². The third-order valence-electron chi connectivity index (χ3n) is 3.94. The summed E-state index contributed by atoms with van der Waals surface area (Å²) in [5.41, 5.74) is 5.59. The Morgan fingerprint density at radius 2 is 1.93 bits per heavy atom. The van der Waals surface area contributed by atoms with Gasteiger partial charge in [0.25, 0.3) is 0 Å². The number of hydrogen-bond donors (Lipinski definition) is 2. The molecule has 0 aromatic carbocycles. The fourth-order valence-corrected chi connectivity index (χ4v) is 3.03. The zero-order chi connectivity index (χ0) is 10.7. The zero-order valence-corrected chi connectivity index (χ0v) is 9.54. The second kappa shape index (κ2) is 4.97. The Labute approximate surface area is 92.5 Å². The van der Waals surface area contributed by atoms with Crippen molar-refractivity contribution in [3.63, 3.8) is 0 Å². The molecule has 1 saturated heterocycles. The van der Waals surface area contributed by atoms with Gasteiger partial charge in [-0.2, -0.15) is 0 Å². The fraction of sp³-hybridized carbons (Fsp3) is 0.917. The molecule has 1 heterocycles. The SMILES string of the molecule is N=C(N)C1CCCN(CC2CCCC2)C1. The summed E-state index contributed by atoms with van der Waals surface area (Å²) < 4.78 is 0. The maximum Gasteiger partial charge on any atom is 0.0949 e. The number of amidine groups is 1. The summed E-state index contributed by atoms with van der Waals surface area (Å²) in [4.78, 5) is 2.53. The van der Waals surface area contributed by atoms with Crippen LogP contribution in [0.25, 0.3) is 0 Å². The third-order valence-corrected chi connectivity index (χ3v) is 3.94. The second-order valence-corrected chi connectivity index (χ2v) is 5.20. The Hall–Kier alpha value is -0.570. The standard InChI is InChI=1S/C12H23N3/c13-12(14)11-6-3-7-15(9-11)8-10-4-1-2-5-10/h10-11H,1-9H2,(H3,13,14). The predicted octanol–water partition coefficient (Wildman–Crippen LogP) is 1.82. The van der Waals surface area contributed by atoms with E-state index in [2.05, 4.69) is 4.90 Å². The highest BCUT2D eigenvalue weighted by atomic mass is 15.1. The Morgan fingerprint density at radius 1 is 1.20 bits per heavy atom. The van der Waals surface area contributed by atoms with Crippen molar-refractivity contribution in [1.82, 2.24) is 4.90 Å². The lowest BCUT2D eigenvalue weighted by atomic mass is 9.96. The fourth-order valence-electron chi connectivity index (χ4n) is 3.03. The number of nitrogens with two attached hydrogens (primary N) is 1. The Kier molecular flexibility index (Phi) is 3.62. The first-order valence-electron chi connectivity index (χ1n) is 6.32. The molecule has 0 aromatic rings. The molecule has 0 amide bonds. The summed E-state index contributed by atoms with van der Waals surface area (Å²) in [6.45, 7) is 3.51. The molecule has 0 spiro atoms. The molecule has 0 aromatic heterocycles. The molecular formula is C12H23N3. The van der Waals surface area contributed by atoms with E-state index in [1.54, 1.807) is 0 Å². The van der Waals surface area contributed by atoms with Crippen LogP contribution in [0.3, 0.4) is 0 Å². The maximum absolute atomic E-state index is 7.51. The Bertz CT molecular complexity index is 221. The molecule has 1 atom stereocenters. The summed E-state index contributed by atoms with van der Waals surface area (Å²) in [5, 5.41) is 7.51. The van der Waals surface area contributed by atoms with Gasteiger partial charge in [-0.05, 0) is 38.1 Å². The van der Waals surface area contributed by atoms with Crippen molar-refractivity contribution in [2.75, 3.05) is 19.6 Å². The molecule has 15 heavy (non-hydrogen) atoms. The average Bonchev–Trinajstić information content (AvgIpc) is 2.71. The molecule has 3 nitrogen and oxygen atoms in total. The monoisotopic (exact) mass is 209 g/mol. The first kappa shape index (κ1) is 10.9. The van der Waals surface area contributed by atoms with Crippen LogP contribution in [0, 0.1) is 17.2 Å². The van der Waals surface area contributed by atoms with Gasteiger partial charge in [0.2, 0.25) is 0 Å². The van der Waals surface area contributed by atoms with Crippen LogP contribution in [-0.2, 0) is 0 Å². The van der Waals surface area contributed by atoms with E-state index >= 15 is 0 Å². The van der Waals surface area contributed by atoms with Gasteiger partial charge in [0.05, 0.1) is 5.84 Å². The van der Waals surface area contributed by atoms with Crippen molar-refractivity contribution >= 4 is 5.84 Å². The maximum atomic E-state index is 7.51. The summed E-state index contributed by atoms with van der Waals surface area (Å²) in [7, 11) is 0. The normalized spacial score (nSPS) is 29.5. The minimum absolute atomic E-state index is 0.333. The van der Waals surface area contributed by atoms with Crippen LogP contribution in [0.1, 0.15) is 38.5 Å². The Morgan fingerprint density at radius 3 is 2.60 bits per heavy atom. The van der Waals surface area contributed by atoms with Gasteiger partial charge in [-0.3, -0.25) is 5.41 Å². The van der Waals surface area contributed by atoms with Crippen molar-refractivity contribution in [2.45, 2.75) is 38.5 Å². The highest BCUT2D eigenvalue weighted by molar-refractivity contribution is 5.79. The molecule has 2 aliphatic rings. The van der Waals surface area contributed by atoms with E-state index < -0.39 is 0 Å². The Balaban J connectivity index is 1.79. The number of piperidine rings is 1. The molecule has 3 heteroatoms. The van der Waals surface area contributed by atoms with Crippen LogP contribution in [0.5, 0.6) is 0 Å². The topological polar surface area (TPSA) is 53.1 Å². The summed E-state index contributed by atoms with van der Waals surface area (Å²) in [5.74, 6) is 1.65. The van der Waals surface area contributed by atoms with Crippen molar-refractivity contribution in [3.05, 3.63) is 0 Å². The van der Waals surface area contributed by atoms with Crippen molar-refractivity contribution in [2.24, 2.45) is 17.6 Å². The molecule has 1 aliphatic carbocycles. The van der Waals surface area contributed by atoms with Gasteiger partial charge in [-0.15, -0.1) is 0 Å². The molecule has 2 fully saturated rings. The molecule has 0 bridgehead atoms. The van der Waals surface area contributed by atoms with E-state index in [4.69, 9.17) is 11.1 Å². The predicted molar refractivity (Wildman–Crippen MR) is 63.0 cm³/mol. The van der Waals surface area contributed by atoms with Gasteiger partial charge in [0.1, 0.15) is 0 Å². The summed E-state index contributed by atoms with van der Waals surface area (Å²) in [6.07, 6.45) is 8.03. The van der Waals surface area contributed by atoms with Gasteiger partial charge in [-0.25, -0.2) is 0 Å². The van der Waals surface area contributed by atoms with Gasteiger partial charge in [-0.1, -0.05) is 12.8 Å². The minimum Gasteiger partial charge on any atom is -0.387 e. The van der Waals surface area contributed by atoms with E-state index in [1.807, 2.05) is 0 Å². The second-order valence-electron chi connectivity index (χ2n) is 5.20. The minimum atomic E-state index is 0.333. The zero-order valence-electron chi connectivity index (χ0n) is 9.54. The van der Waals surface area contributed by atoms with Gasteiger partial charge >= 0.3 is 0 Å². The lowest BCUT2D eigenvalue weighted by molar-refractivity contribution is 0.176. The third kappa shape index (κ3) is 2.94. The highest BCUT2D eigenvalue weighted by Gasteiger charge is 2.25.